The third-order valence-electron chi connectivity index (χ3n) is 3.72. The summed E-state index contributed by atoms with van der Waals surface area (Å²) in [7, 11) is 0. The van der Waals surface area contributed by atoms with E-state index in [-0.39, 0.29) is 0 Å². The maximum atomic E-state index is 5.55. The highest BCUT2D eigenvalue weighted by molar-refractivity contribution is 5.72. The quantitative estimate of drug-likeness (QED) is 0.499. The van der Waals surface area contributed by atoms with Gasteiger partial charge in [0.2, 0.25) is 11.4 Å². The Morgan fingerprint density at radius 2 is 1.08 bits per heavy atom. The van der Waals surface area contributed by atoms with Gasteiger partial charge in [-0.3, -0.25) is 0 Å². The van der Waals surface area contributed by atoms with Gasteiger partial charge in [-0.15, -0.1) is 0 Å². The van der Waals surface area contributed by atoms with Gasteiger partial charge in [0, 0.05) is 23.8 Å². The minimum atomic E-state index is 0.393. The van der Waals surface area contributed by atoms with Crippen molar-refractivity contribution >= 4 is 45.9 Å². The van der Waals surface area contributed by atoms with Crippen LogP contribution >= 0.6 is 0 Å². The van der Waals surface area contributed by atoms with Crippen LogP contribution in [-0.2, 0) is 0 Å². The molecule has 2 N–H and O–H groups in total. The van der Waals surface area contributed by atoms with E-state index in [1.54, 1.807) is 12.4 Å². The predicted molar refractivity (Wildman–Crippen MR) is 96.6 cm³/mol. The first-order valence-corrected chi connectivity index (χ1v) is 7.91. The number of hydrogen-bond acceptors (Lipinski definition) is 8. The summed E-state index contributed by atoms with van der Waals surface area (Å²) in [6.45, 7) is 0. The molecule has 4 aromatic heterocycles. The molecule has 0 aliphatic carbocycles. The van der Waals surface area contributed by atoms with E-state index in [1.165, 1.54) is 0 Å². The van der Waals surface area contributed by atoms with Gasteiger partial charge >= 0.3 is 12.0 Å². The van der Waals surface area contributed by atoms with Crippen molar-refractivity contribution in [1.82, 2.24) is 19.9 Å². The second-order valence-corrected chi connectivity index (χ2v) is 5.52. The van der Waals surface area contributed by atoms with Crippen molar-refractivity contribution in [3.8, 4) is 0 Å². The SMILES string of the molecule is c1cnc2oc(Nc3ccc(Nc4nc5cccnc5o4)cc3)nc2c1. The van der Waals surface area contributed by atoms with Crippen LogP contribution in [0.15, 0.2) is 69.8 Å². The highest BCUT2D eigenvalue weighted by Gasteiger charge is 2.08. The van der Waals surface area contributed by atoms with Crippen LogP contribution in [0.25, 0.3) is 22.5 Å². The van der Waals surface area contributed by atoms with Gasteiger partial charge in [-0.05, 0) is 48.5 Å². The van der Waals surface area contributed by atoms with Crippen LogP contribution in [0.1, 0.15) is 0 Å². The Hall–Kier alpha value is -3.94. The van der Waals surface area contributed by atoms with Crippen molar-refractivity contribution < 1.29 is 8.83 Å². The highest BCUT2D eigenvalue weighted by atomic mass is 16.4. The average Bonchev–Trinajstić information content (AvgIpc) is 3.25. The van der Waals surface area contributed by atoms with Crippen molar-refractivity contribution in [3.63, 3.8) is 0 Å². The van der Waals surface area contributed by atoms with Crippen molar-refractivity contribution in [2.45, 2.75) is 0 Å². The van der Waals surface area contributed by atoms with Crippen molar-refractivity contribution in [3.05, 3.63) is 60.9 Å². The molecule has 0 aliphatic rings. The molecule has 1 aromatic carbocycles. The zero-order valence-electron chi connectivity index (χ0n) is 13.4. The molecule has 0 fully saturated rings. The van der Waals surface area contributed by atoms with Crippen molar-refractivity contribution in [2.24, 2.45) is 0 Å². The van der Waals surface area contributed by atoms with E-state index in [0.717, 1.165) is 11.4 Å². The van der Waals surface area contributed by atoms with Gasteiger partial charge < -0.3 is 19.5 Å². The molecule has 0 atom stereocenters. The van der Waals surface area contributed by atoms with E-state index in [4.69, 9.17) is 8.83 Å². The fourth-order valence-corrected chi connectivity index (χ4v) is 2.53. The van der Waals surface area contributed by atoms with Gasteiger partial charge in [0.15, 0.2) is 0 Å². The predicted octanol–water partition coefficient (Wildman–Crippen LogP) is 4.25. The maximum Gasteiger partial charge on any atom is 0.301 e. The standard InChI is InChI=1S/C18H12N6O2/c1-3-13-15(19-9-1)25-17(23-13)21-11-5-7-12(8-6-11)22-18-24-14-4-2-10-20-16(14)26-18/h1-10H,(H,21,23)(H,22,24). The summed E-state index contributed by atoms with van der Waals surface area (Å²) in [6.07, 6.45) is 3.33. The Morgan fingerprint density at radius 1 is 0.615 bits per heavy atom. The molecule has 0 radical (unpaired) electrons. The number of hydrogen-bond donors (Lipinski definition) is 2. The molecule has 26 heavy (non-hydrogen) atoms. The lowest BCUT2D eigenvalue weighted by atomic mass is 10.3. The molecule has 126 valence electrons. The zero-order valence-corrected chi connectivity index (χ0v) is 13.4. The molecule has 5 rings (SSSR count). The third-order valence-corrected chi connectivity index (χ3v) is 3.72. The summed E-state index contributed by atoms with van der Waals surface area (Å²) in [4.78, 5) is 16.9. The Labute approximate surface area is 146 Å². The first-order chi connectivity index (χ1) is 12.8. The Balaban J connectivity index is 1.33. The largest absolute Gasteiger partial charge is 0.404 e. The number of rotatable bonds is 4. The number of aromatic nitrogens is 4. The Bertz CT molecular complexity index is 1030. The van der Waals surface area contributed by atoms with E-state index in [2.05, 4.69) is 30.6 Å². The van der Waals surface area contributed by atoms with E-state index in [1.807, 2.05) is 48.5 Å². The summed E-state index contributed by atoms with van der Waals surface area (Å²) < 4.78 is 11.1. The molecule has 5 aromatic rings. The summed E-state index contributed by atoms with van der Waals surface area (Å²) in [5, 5.41) is 6.22. The molecule has 8 heteroatoms. The molecule has 0 unspecified atom stereocenters. The number of benzene rings is 1. The highest BCUT2D eigenvalue weighted by Crippen LogP contribution is 2.24. The number of anilines is 4. The molecule has 0 saturated heterocycles. The summed E-state index contributed by atoms with van der Waals surface area (Å²) in [5.74, 6) is 0. The van der Waals surface area contributed by atoms with E-state index >= 15 is 0 Å². The molecule has 0 saturated carbocycles. The van der Waals surface area contributed by atoms with Crippen LogP contribution in [-0.4, -0.2) is 19.9 Å². The summed E-state index contributed by atoms with van der Waals surface area (Å²) in [5.41, 5.74) is 4.08. The lowest BCUT2D eigenvalue weighted by molar-refractivity contribution is 0.610. The molecule has 0 bridgehead atoms. The maximum absolute atomic E-state index is 5.55. The first kappa shape index (κ1) is 14.4. The van der Waals surface area contributed by atoms with Gasteiger partial charge in [0.1, 0.15) is 11.0 Å². The normalized spacial score (nSPS) is 11.1. The lowest BCUT2D eigenvalue weighted by Crippen LogP contribution is -1.92. The molecule has 4 heterocycles. The van der Waals surface area contributed by atoms with Gasteiger partial charge in [-0.1, -0.05) is 0 Å². The third kappa shape index (κ3) is 2.69. The van der Waals surface area contributed by atoms with Gasteiger partial charge in [-0.25, -0.2) is 9.97 Å². The molecule has 0 amide bonds. The zero-order chi connectivity index (χ0) is 17.3. The molecular formula is C18H12N6O2. The van der Waals surface area contributed by atoms with Gasteiger partial charge in [0.05, 0.1) is 0 Å². The summed E-state index contributed by atoms with van der Waals surface area (Å²) >= 11 is 0. The van der Waals surface area contributed by atoms with E-state index in [9.17, 15) is 0 Å². The number of fused-ring (bicyclic) bond motifs is 2. The second kappa shape index (κ2) is 5.85. The van der Waals surface area contributed by atoms with E-state index < -0.39 is 0 Å². The van der Waals surface area contributed by atoms with Crippen LogP contribution in [0.2, 0.25) is 0 Å². The fraction of sp³-hybridized carbons (Fsp3) is 0. The number of nitrogens with zero attached hydrogens (tertiary/aromatic N) is 4. The molecule has 0 aliphatic heterocycles. The fourth-order valence-electron chi connectivity index (χ4n) is 2.53. The second-order valence-electron chi connectivity index (χ2n) is 5.52. The van der Waals surface area contributed by atoms with Crippen molar-refractivity contribution in [2.75, 3.05) is 10.6 Å². The van der Waals surface area contributed by atoms with Crippen molar-refractivity contribution in [1.29, 1.82) is 0 Å². The van der Waals surface area contributed by atoms with Crippen LogP contribution in [0, 0.1) is 0 Å². The lowest BCUT2D eigenvalue weighted by Gasteiger charge is -2.04. The average molecular weight is 344 g/mol. The molecule has 8 nitrogen and oxygen atoms in total. The minimum Gasteiger partial charge on any atom is -0.404 e. The van der Waals surface area contributed by atoms with Gasteiger partial charge in [0.25, 0.3) is 0 Å². The molecule has 0 spiro atoms. The Kier molecular flexibility index (Phi) is 3.24. The van der Waals surface area contributed by atoms with Crippen LogP contribution < -0.4 is 10.6 Å². The number of oxazole rings is 2. The Morgan fingerprint density at radius 3 is 1.50 bits per heavy atom. The van der Waals surface area contributed by atoms with E-state index in [0.29, 0.717) is 34.5 Å². The topological polar surface area (TPSA) is 102 Å². The minimum absolute atomic E-state index is 0.393. The first-order valence-electron chi connectivity index (χ1n) is 7.91. The number of pyridine rings is 2. The summed E-state index contributed by atoms with van der Waals surface area (Å²) in [6, 6.07) is 15.7. The van der Waals surface area contributed by atoms with Crippen LogP contribution in [0.5, 0.6) is 0 Å². The van der Waals surface area contributed by atoms with Crippen LogP contribution in [0.4, 0.5) is 23.4 Å². The monoisotopic (exact) mass is 344 g/mol. The smallest absolute Gasteiger partial charge is 0.301 e. The molecular weight excluding hydrogens is 332 g/mol. The van der Waals surface area contributed by atoms with Crippen LogP contribution in [0.3, 0.4) is 0 Å². The van der Waals surface area contributed by atoms with Gasteiger partial charge in [-0.2, -0.15) is 9.97 Å². The number of nitrogens with one attached hydrogen (secondary N) is 2.